The normalized spacial score (nSPS) is 28.6. The number of hydrogen-bond donors (Lipinski definition) is 5. The molecule has 2 aromatic heterocycles. The number of nitrogens with two attached hydrogens (primary N) is 1. The summed E-state index contributed by atoms with van der Waals surface area (Å²) >= 11 is 0. The molecule has 0 radical (unpaired) electrons. The average Bonchev–Trinajstić information content (AvgIpc) is 3.42. The van der Waals surface area contributed by atoms with Crippen molar-refractivity contribution in [1.29, 1.82) is 0 Å². The van der Waals surface area contributed by atoms with E-state index in [0.717, 1.165) is 16.8 Å². The summed E-state index contributed by atoms with van der Waals surface area (Å²) in [5, 5.41) is 30.4. The van der Waals surface area contributed by atoms with Gasteiger partial charge in [-0.15, -0.1) is 0 Å². The number of anilines is 1. The molecule has 0 amide bonds. The molecule has 0 aromatic carbocycles. The van der Waals surface area contributed by atoms with E-state index in [0.29, 0.717) is 4.57 Å². The van der Waals surface area contributed by atoms with E-state index in [1.807, 2.05) is 4.98 Å². The van der Waals surface area contributed by atoms with Gasteiger partial charge in [0.2, 0.25) is 0 Å². The van der Waals surface area contributed by atoms with Gasteiger partial charge in [0.25, 0.3) is 36.9 Å². The molecule has 0 bridgehead atoms. The zero-order valence-corrected chi connectivity index (χ0v) is 43.4. The molecule has 2 aliphatic heterocycles. The van der Waals surface area contributed by atoms with E-state index in [9.17, 15) is 67.5 Å². The van der Waals surface area contributed by atoms with Gasteiger partial charge in [-0.1, -0.05) is 0 Å². The molecule has 0 aliphatic carbocycles. The van der Waals surface area contributed by atoms with E-state index in [1.54, 1.807) is 0 Å². The summed E-state index contributed by atoms with van der Waals surface area (Å²) in [4.78, 5) is 88.4. The van der Waals surface area contributed by atoms with Gasteiger partial charge < -0.3 is 59.1 Å². The van der Waals surface area contributed by atoms with E-state index in [1.165, 1.54) is 12.3 Å². The van der Waals surface area contributed by atoms with Crippen molar-refractivity contribution in [2.45, 2.75) is 49.4 Å². The third-order valence-electron chi connectivity index (χ3n) is 6.22. The fraction of sp³-hybridized carbons (Fsp3) is 0.556. The Hall–Kier alpha value is 4.27. The molecule has 2 saturated heterocycles. The van der Waals surface area contributed by atoms with Crippen LogP contribution in [0.4, 0.5) is 5.82 Å². The van der Waals surface area contributed by atoms with Gasteiger partial charge in [-0.05, 0) is 6.07 Å². The van der Waals surface area contributed by atoms with Crippen LogP contribution in [0.15, 0.2) is 38.9 Å². The van der Waals surface area contributed by atoms with E-state index >= 15 is 0 Å². The van der Waals surface area contributed by atoms with Gasteiger partial charge in [0, 0.05) is 24.9 Å². The van der Waals surface area contributed by atoms with Crippen molar-refractivity contribution in [3.63, 3.8) is 0 Å². The number of phosphoric ester groups is 2. The molecule has 0 spiro atoms. The number of nitrogens with one attached hydrogen (secondary N) is 1. The maximum Gasteiger partial charge on any atom is 1.00 e. The molecular weight excluding hydrogens is 902 g/mol. The van der Waals surface area contributed by atoms with Crippen LogP contribution in [-0.2, 0) is 49.7 Å². The van der Waals surface area contributed by atoms with Gasteiger partial charge >= 0.3 is 217 Å². The molecule has 6 N–H and O–H groups in total. The van der Waals surface area contributed by atoms with Crippen molar-refractivity contribution in [2.24, 2.45) is 0 Å². The van der Waals surface area contributed by atoms with Crippen LogP contribution in [0.1, 0.15) is 18.9 Å². The predicted molar refractivity (Wildman–Crippen MR) is 140 cm³/mol. The minimum Gasteiger partial charge on any atom is -0.756 e. The summed E-state index contributed by atoms with van der Waals surface area (Å²) < 4.78 is 79.0. The van der Waals surface area contributed by atoms with Crippen molar-refractivity contribution < 1.29 is 290 Å². The van der Waals surface area contributed by atoms with Crippen LogP contribution in [0, 0.1) is 0 Å². The zero-order valence-electron chi connectivity index (χ0n) is 27.4. The van der Waals surface area contributed by atoms with Crippen molar-refractivity contribution >= 4 is 37.1 Å². The Balaban J connectivity index is 0.00000650. The summed E-state index contributed by atoms with van der Waals surface area (Å²) in [5.74, 6) is -0.125. The fourth-order valence-electron chi connectivity index (χ4n) is 4.18. The van der Waals surface area contributed by atoms with Crippen LogP contribution in [0.5, 0.6) is 0 Å². The standard InChI is InChI=1S/C18H27N5O21P4.4K/c19-11-1-3-22(17(28)20-11)13-5-8(24)9(40-13)6-38-45(30,31)42-47(34,35)44-48(36,37)43-46(32,33)39-7-10-14(26)15(27)16(41-10)23-4-2-12(25)21-18(23)29;;;;/h1-4,8-10,13-16,24,26-27H,5-7H2,(H,30,31)(H,32,33)(H,34,35)(H,36,37)(H2,19,20,28)(H,21,25,29);;;;/q;4*+1/p-4/t8-,9+,10+,13+,14+,15+,16+;;;;/m0..../s1. The number of hydrogen-bond acceptors (Lipinski definition) is 23. The molecule has 34 heteroatoms. The minimum atomic E-state index is -6.59. The van der Waals surface area contributed by atoms with Crippen LogP contribution in [-0.4, -0.2) is 78.2 Å². The Kier molecular flexibility index (Phi) is 25.4. The van der Waals surface area contributed by atoms with Gasteiger partial charge in [0.15, 0.2) is 6.23 Å². The SMILES string of the molecule is Nc1ccn([C@H]2C[C@H](O)[C@@H](COP(=O)([O-])OP(=O)([O-])OP(=O)([O-])OP(=O)([O-])OC[C@H]3O[C@@H](n4ccc(=O)[nH]c4=O)[C@H](O)[C@@H]3O)O2)c(=O)n1.[K+].[K+].[K+].[K+]. The smallest absolute Gasteiger partial charge is 0.756 e. The number of aromatic nitrogens is 4. The Labute approximate surface area is 460 Å². The summed E-state index contributed by atoms with van der Waals surface area (Å²) in [6, 6.07) is 2.07. The Morgan fingerprint density at radius 1 is 0.788 bits per heavy atom. The maximum atomic E-state index is 12.0. The second-order valence-corrected chi connectivity index (χ2v) is 15.7. The van der Waals surface area contributed by atoms with Gasteiger partial charge in [0.05, 0.1) is 19.3 Å². The molecular formula is C18H23K4N5O21P4. The molecule has 2 aromatic rings. The molecule has 11 atom stereocenters. The largest absolute Gasteiger partial charge is 1.00 e. The molecule has 26 nitrogen and oxygen atoms in total. The number of H-pyrrole nitrogens is 1. The van der Waals surface area contributed by atoms with Crippen LogP contribution < -0.4 is 248 Å². The minimum absolute atomic E-state index is 0. The second kappa shape index (κ2) is 23.5. The molecule has 4 rings (SSSR count). The molecule has 52 heavy (non-hydrogen) atoms. The topological polar surface area (TPSA) is 402 Å². The Morgan fingerprint density at radius 2 is 1.29 bits per heavy atom. The van der Waals surface area contributed by atoms with E-state index < -0.39 is 104 Å². The summed E-state index contributed by atoms with van der Waals surface area (Å²) in [6.45, 7) is -2.44. The number of nitrogens with zero attached hydrogens (tertiary/aromatic N) is 3. The number of phosphoric acid groups is 4. The van der Waals surface area contributed by atoms with E-state index in [4.69, 9.17) is 15.2 Å². The predicted octanol–water partition coefficient (Wildman–Crippen LogP) is -17.4. The van der Waals surface area contributed by atoms with Gasteiger partial charge in [0.1, 0.15) is 36.5 Å². The first-order valence-electron chi connectivity index (χ1n) is 12.8. The van der Waals surface area contributed by atoms with Gasteiger partial charge in [-0.3, -0.25) is 37.2 Å². The van der Waals surface area contributed by atoms with E-state index in [2.05, 4.69) is 27.0 Å². The number of rotatable bonds is 14. The van der Waals surface area contributed by atoms with Gasteiger partial charge in [-0.25, -0.2) is 22.5 Å². The van der Waals surface area contributed by atoms with E-state index in [-0.39, 0.29) is 218 Å². The van der Waals surface area contributed by atoms with Crippen LogP contribution in [0.3, 0.4) is 0 Å². The monoisotopic (exact) mass is 925 g/mol. The first kappa shape index (κ1) is 56.3. The fourth-order valence-corrected chi connectivity index (χ4v) is 8.93. The molecule has 270 valence electrons. The molecule has 0 saturated carbocycles. The van der Waals surface area contributed by atoms with Crippen molar-refractivity contribution in [3.05, 3.63) is 55.8 Å². The third kappa shape index (κ3) is 16.6. The summed E-state index contributed by atoms with van der Waals surface area (Å²) in [6.07, 6.45) is -9.78. The third-order valence-corrected chi connectivity index (χ3v) is 12.0. The first-order chi connectivity index (χ1) is 22.1. The molecule has 2 aliphatic rings. The molecule has 4 unspecified atom stereocenters. The maximum absolute atomic E-state index is 12.0. The molecule has 4 heterocycles. The van der Waals surface area contributed by atoms with Crippen molar-refractivity contribution in [2.75, 3.05) is 18.9 Å². The van der Waals surface area contributed by atoms with Gasteiger partial charge in [-0.2, -0.15) is 4.98 Å². The number of nitrogen functional groups attached to an aromatic ring is 1. The summed E-state index contributed by atoms with van der Waals surface area (Å²) in [5.41, 5.74) is 2.58. The Morgan fingerprint density at radius 3 is 1.81 bits per heavy atom. The van der Waals surface area contributed by atoms with Crippen LogP contribution >= 0.6 is 31.3 Å². The van der Waals surface area contributed by atoms with Crippen molar-refractivity contribution in [3.8, 4) is 0 Å². The number of aliphatic hydroxyl groups excluding tert-OH is 3. The molecule has 2 fully saturated rings. The van der Waals surface area contributed by atoms with Crippen LogP contribution in [0.2, 0.25) is 0 Å². The van der Waals surface area contributed by atoms with Crippen LogP contribution in [0.25, 0.3) is 0 Å². The second-order valence-electron chi connectivity index (χ2n) is 9.66. The summed E-state index contributed by atoms with van der Waals surface area (Å²) in [7, 11) is -25.4. The zero-order chi connectivity index (χ0) is 35.8. The number of aliphatic hydroxyl groups is 3. The number of aromatic amines is 1. The quantitative estimate of drug-likeness (QED) is 0.0867. The average molecular weight is 926 g/mol. The Bertz CT molecular complexity index is 1890. The first-order valence-corrected chi connectivity index (χ1v) is 18.6. The number of ether oxygens (including phenoxy) is 2. The van der Waals surface area contributed by atoms with Crippen molar-refractivity contribution in [1.82, 2.24) is 19.1 Å².